The third kappa shape index (κ3) is 2.29. The van der Waals surface area contributed by atoms with Crippen LogP contribution in [0.25, 0.3) is 0 Å². The SMILES string of the molecule is COC1(C(N)C(C)(C)C)CCCCC1. The van der Waals surface area contributed by atoms with Crippen LogP contribution in [-0.4, -0.2) is 18.8 Å². The zero-order valence-corrected chi connectivity index (χ0v) is 10.1. The highest BCUT2D eigenvalue weighted by Crippen LogP contribution is 2.39. The van der Waals surface area contributed by atoms with Crippen molar-refractivity contribution in [1.29, 1.82) is 0 Å². The summed E-state index contributed by atoms with van der Waals surface area (Å²) in [5, 5.41) is 0. The molecule has 2 N–H and O–H groups in total. The summed E-state index contributed by atoms with van der Waals surface area (Å²) >= 11 is 0. The molecule has 1 aliphatic carbocycles. The van der Waals surface area contributed by atoms with E-state index >= 15 is 0 Å². The molecule has 0 amide bonds. The van der Waals surface area contributed by atoms with Gasteiger partial charge in [-0.25, -0.2) is 0 Å². The molecule has 1 saturated carbocycles. The Morgan fingerprint density at radius 1 is 1.14 bits per heavy atom. The molecule has 0 saturated heterocycles. The summed E-state index contributed by atoms with van der Waals surface area (Å²) in [5.41, 5.74) is 6.42. The largest absolute Gasteiger partial charge is 0.377 e. The molecule has 84 valence electrons. The van der Waals surface area contributed by atoms with Crippen molar-refractivity contribution in [2.45, 2.75) is 64.5 Å². The fraction of sp³-hybridized carbons (Fsp3) is 1.00. The van der Waals surface area contributed by atoms with E-state index in [0.717, 1.165) is 12.8 Å². The molecule has 0 spiro atoms. The highest BCUT2D eigenvalue weighted by atomic mass is 16.5. The summed E-state index contributed by atoms with van der Waals surface area (Å²) in [6.07, 6.45) is 6.11. The van der Waals surface area contributed by atoms with Crippen molar-refractivity contribution in [3.05, 3.63) is 0 Å². The van der Waals surface area contributed by atoms with Crippen LogP contribution in [-0.2, 0) is 4.74 Å². The number of hydrogen-bond acceptors (Lipinski definition) is 2. The third-order valence-corrected chi connectivity index (χ3v) is 3.61. The minimum Gasteiger partial charge on any atom is -0.377 e. The molecule has 0 bridgehead atoms. The summed E-state index contributed by atoms with van der Waals surface area (Å²) in [6.45, 7) is 6.60. The molecule has 2 heteroatoms. The number of methoxy groups -OCH3 is 1. The van der Waals surface area contributed by atoms with Gasteiger partial charge in [-0.15, -0.1) is 0 Å². The van der Waals surface area contributed by atoms with Crippen LogP contribution < -0.4 is 5.73 Å². The average Bonchev–Trinajstić information content (AvgIpc) is 2.16. The standard InChI is InChI=1S/C12H25NO/c1-11(2,3)10(13)12(14-4)8-6-5-7-9-12/h10H,5-9,13H2,1-4H3. The van der Waals surface area contributed by atoms with E-state index in [0.29, 0.717) is 0 Å². The minimum absolute atomic E-state index is 0.0590. The Hall–Kier alpha value is -0.0800. The van der Waals surface area contributed by atoms with Gasteiger partial charge in [-0.05, 0) is 18.3 Å². The van der Waals surface area contributed by atoms with E-state index in [1.165, 1.54) is 19.3 Å². The maximum absolute atomic E-state index is 6.35. The summed E-state index contributed by atoms with van der Waals surface area (Å²) in [7, 11) is 1.82. The van der Waals surface area contributed by atoms with E-state index in [-0.39, 0.29) is 17.1 Å². The van der Waals surface area contributed by atoms with Crippen molar-refractivity contribution in [2.24, 2.45) is 11.1 Å². The van der Waals surface area contributed by atoms with E-state index in [1.807, 2.05) is 7.11 Å². The van der Waals surface area contributed by atoms with Crippen molar-refractivity contribution >= 4 is 0 Å². The van der Waals surface area contributed by atoms with Crippen molar-refractivity contribution in [1.82, 2.24) is 0 Å². The predicted octanol–water partition coefficient (Wildman–Crippen LogP) is 2.71. The Balaban J connectivity index is 2.77. The lowest BCUT2D eigenvalue weighted by Crippen LogP contribution is -2.56. The zero-order chi connectivity index (χ0) is 10.8. The number of rotatable bonds is 2. The van der Waals surface area contributed by atoms with Gasteiger partial charge in [0.15, 0.2) is 0 Å². The van der Waals surface area contributed by atoms with Crippen LogP contribution in [0.1, 0.15) is 52.9 Å². The Kier molecular flexibility index (Phi) is 3.59. The van der Waals surface area contributed by atoms with Crippen LogP contribution >= 0.6 is 0 Å². The first-order valence-electron chi connectivity index (χ1n) is 5.73. The fourth-order valence-electron chi connectivity index (χ4n) is 2.58. The van der Waals surface area contributed by atoms with Gasteiger partial charge in [-0.1, -0.05) is 40.0 Å². The first kappa shape index (κ1) is 12.0. The van der Waals surface area contributed by atoms with Crippen molar-refractivity contribution < 1.29 is 4.74 Å². The summed E-state index contributed by atoms with van der Waals surface area (Å²) in [6, 6.07) is 0.139. The van der Waals surface area contributed by atoms with E-state index in [2.05, 4.69) is 20.8 Å². The molecule has 1 aliphatic rings. The van der Waals surface area contributed by atoms with Gasteiger partial charge in [0, 0.05) is 13.2 Å². The highest BCUT2D eigenvalue weighted by Gasteiger charge is 2.43. The van der Waals surface area contributed by atoms with E-state index in [9.17, 15) is 0 Å². The lowest BCUT2D eigenvalue weighted by atomic mass is 9.70. The first-order chi connectivity index (χ1) is 6.42. The molecule has 1 atom stereocenters. The smallest absolute Gasteiger partial charge is 0.0833 e. The second-order valence-corrected chi connectivity index (χ2v) is 5.67. The molecule has 1 rings (SSSR count). The Morgan fingerprint density at radius 3 is 2.00 bits per heavy atom. The van der Waals surface area contributed by atoms with Crippen LogP contribution in [0.3, 0.4) is 0 Å². The third-order valence-electron chi connectivity index (χ3n) is 3.61. The number of nitrogens with two attached hydrogens (primary N) is 1. The van der Waals surface area contributed by atoms with Gasteiger partial charge in [-0.3, -0.25) is 0 Å². The second-order valence-electron chi connectivity index (χ2n) is 5.67. The Bertz CT molecular complexity index is 177. The number of hydrogen-bond donors (Lipinski definition) is 1. The van der Waals surface area contributed by atoms with Gasteiger partial charge in [-0.2, -0.15) is 0 Å². The van der Waals surface area contributed by atoms with Crippen LogP contribution in [0.2, 0.25) is 0 Å². The average molecular weight is 199 g/mol. The molecule has 0 heterocycles. The van der Waals surface area contributed by atoms with Gasteiger partial charge in [0.05, 0.1) is 5.60 Å². The zero-order valence-electron chi connectivity index (χ0n) is 10.1. The van der Waals surface area contributed by atoms with Crippen LogP contribution in [0.5, 0.6) is 0 Å². The lowest BCUT2D eigenvalue weighted by Gasteiger charge is -2.46. The normalized spacial score (nSPS) is 24.6. The van der Waals surface area contributed by atoms with Crippen molar-refractivity contribution in [2.75, 3.05) is 7.11 Å². The van der Waals surface area contributed by atoms with E-state index in [4.69, 9.17) is 10.5 Å². The predicted molar refractivity (Wildman–Crippen MR) is 60.3 cm³/mol. The minimum atomic E-state index is -0.0590. The van der Waals surface area contributed by atoms with Crippen molar-refractivity contribution in [3.8, 4) is 0 Å². The summed E-state index contributed by atoms with van der Waals surface area (Å²) < 4.78 is 5.74. The fourth-order valence-corrected chi connectivity index (χ4v) is 2.58. The highest BCUT2D eigenvalue weighted by molar-refractivity contribution is 4.98. The number of ether oxygens (including phenoxy) is 1. The molecule has 1 fully saturated rings. The van der Waals surface area contributed by atoms with Gasteiger partial charge in [0.2, 0.25) is 0 Å². The van der Waals surface area contributed by atoms with Gasteiger partial charge in [0.1, 0.15) is 0 Å². The quantitative estimate of drug-likeness (QED) is 0.742. The lowest BCUT2D eigenvalue weighted by molar-refractivity contribution is -0.0821. The molecule has 0 aromatic rings. The molecule has 0 aromatic heterocycles. The summed E-state index contributed by atoms with van der Waals surface area (Å²) in [4.78, 5) is 0. The molecule has 0 aromatic carbocycles. The van der Waals surface area contributed by atoms with Crippen LogP contribution in [0.15, 0.2) is 0 Å². The van der Waals surface area contributed by atoms with Gasteiger partial charge < -0.3 is 10.5 Å². The molecule has 0 radical (unpaired) electrons. The van der Waals surface area contributed by atoms with E-state index in [1.54, 1.807) is 0 Å². The van der Waals surface area contributed by atoms with Gasteiger partial charge >= 0.3 is 0 Å². The molecular formula is C12H25NO. The second kappa shape index (κ2) is 4.19. The topological polar surface area (TPSA) is 35.2 Å². The molecule has 2 nitrogen and oxygen atoms in total. The molecule has 14 heavy (non-hydrogen) atoms. The molecule has 0 aliphatic heterocycles. The maximum atomic E-state index is 6.35. The molecular weight excluding hydrogens is 174 g/mol. The Morgan fingerprint density at radius 2 is 1.64 bits per heavy atom. The monoisotopic (exact) mass is 199 g/mol. The van der Waals surface area contributed by atoms with Crippen LogP contribution in [0, 0.1) is 5.41 Å². The maximum Gasteiger partial charge on any atom is 0.0833 e. The first-order valence-corrected chi connectivity index (χ1v) is 5.73. The summed E-state index contributed by atoms with van der Waals surface area (Å²) in [5.74, 6) is 0. The van der Waals surface area contributed by atoms with Gasteiger partial charge in [0.25, 0.3) is 0 Å². The van der Waals surface area contributed by atoms with E-state index < -0.39 is 0 Å². The molecule has 1 unspecified atom stereocenters. The van der Waals surface area contributed by atoms with Crippen LogP contribution in [0.4, 0.5) is 0 Å². The Labute approximate surface area is 88.2 Å². The van der Waals surface area contributed by atoms with Crippen molar-refractivity contribution in [3.63, 3.8) is 0 Å².